The summed E-state index contributed by atoms with van der Waals surface area (Å²) in [6.45, 7) is 2.46. The van der Waals surface area contributed by atoms with Crippen molar-refractivity contribution in [2.75, 3.05) is 14.1 Å². The molecule has 0 saturated heterocycles. The molecule has 130 valence electrons. The molecule has 0 atom stereocenters. The van der Waals surface area contributed by atoms with Crippen LogP contribution in [0.15, 0.2) is 51.9 Å². The van der Waals surface area contributed by atoms with Gasteiger partial charge in [0, 0.05) is 19.7 Å². The first-order valence-electron chi connectivity index (χ1n) is 8.06. The van der Waals surface area contributed by atoms with Crippen LogP contribution in [0.5, 0.6) is 0 Å². The minimum Gasteiger partial charge on any atom is -0.467 e. The van der Waals surface area contributed by atoms with E-state index in [1.54, 1.807) is 31.3 Å². The number of carbonyl (C=O) groups excluding carboxylic acids is 1. The fourth-order valence-electron chi connectivity index (χ4n) is 2.82. The molecule has 2 heterocycles. The highest BCUT2D eigenvalue weighted by Crippen LogP contribution is 2.17. The van der Waals surface area contributed by atoms with Gasteiger partial charge in [-0.05, 0) is 36.1 Å². The minimum atomic E-state index is -0.183. The average Bonchev–Trinajstić information content (AvgIpc) is 3.08. The van der Waals surface area contributed by atoms with Crippen LogP contribution in [0.3, 0.4) is 0 Å². The van der Waals surface area contributed by atoms with E-state index in [4.69, 9.17) is 4.42 Å². The van der Waals surface area contributed by atoms with E-state index in [1.165, 1.54) is 4.90 Å². The maximum atomic E-state index is 12.5. The van der Waals surface area contributed by atoms with Crippen LogP contribution in [-0.2, 0) is 13.1 Å². The minimum absolute atomic E-state index is 0.180. The SMILES string of the molecule is Cc1cccc2cc(CN(Cc3ccco3)C(=O)N(C)C)c(=O)[nH]c12. The van der Waals surface area contributed by atoms with E-state index in [-0.39, 0.29) is 18.1 Å². The number of H-pyrrole nitrogens is 1. The van der Waals surface area contributed by atoms with Gasteiger partial charge in [0.15, 0.2) is 0 Å². The number of urea groups is 1. The number of pyridine rings is 1. The average molecular weight is 339 g/mol. The summed E-state index contributed by atoms with van der Waals surface area (Å²) in [5.41, 5.74) is 2.20. The molecular weight excluding hydrogens is 318 g/mol. The molecule has 6 nitrogen and oxygen atoms in total. The van der Waals surface area contributed by atoms with Crippen molar-refractivity contribution in [2.24, 2.45) is 0 Å². The molecule has 1 N–H and O–H groups in total. The molecule has 0 radical (unpaired) electrons. The standard InChI is InChI=1S/C19H21N3O3/c1-13-6-4-7-14-10-15(18(23)20-17(13)14)11-22(19(24)21(2)3)12-16-8-5-9-25-16/h4-10H,11-12H2,1-3H3,(H,20,23). The lowest BCUT2D eigenvalue weighted by atomic mass is 10.1. The Bertz CT molecular complexity index is 942. The number of aryl methyl sites for hydroxylation is 1. The summed E-state index contributed by atoms with van der Waals surface area (Å²) in [4.78, 5) is 31.0. The molecule has 0 aliphatic heterocycles. The van der Waals surface area contributed by atoms with Gasteiger partial charge >= 0.3 is 6.03 Å². The van der Waals surface area contributed by atoms with Gasteiger partial charge in [-0.1, -0.05) is 18.2 Å². The van der Waals surface area contributed by atoms with E-state index >= 15 is 0 Å². The Morgan fingerprint density at radius 2 is 1.96 bits per heavy atom. The topological polar surface area (TPSA) is 69.6 Å². The number of nitrogens with one attached hydrogen (secondary N) is 1. The number of fused-ring (bicyclic) bond motifs is 1. The first-order chi connectivity index (χ1) is 12.0. The van der Waals surface area contributed by atoms with Crippen LogP contribution < -0.4 is 5.56 Å². The number of carbonyl (C=O) groups is 1. The zero-order valence-corrected chi connectivity index (χ0v) is 14.6. The summed E-state index contributed by atoms with van der Waals surface area (Å²) in [5, 5.41) is 0.949. The quantitative estimate of drug-likeness (QED) is 0.794. The van der Waals surface area contributed by atoms with Gasteiger partial charge in [0.1, 0.15) is 5.76 Å². The van der Waals surface area contributed by atoms with Crippen LogP contribution >= 0.6 is 0 Å². The van der Waals surface area contributed by atoms with Gasteiger partial charge in [0.05, 0.1) is 24.9 Å². The van der Waals surface area contributed by atoms with Crippen molar-refractivity contribution in [2.45, 2.75) is 20.0 Å². The van der Waals surface area contributed by atoms with Gasteiger partial charge in [-0.25, -0.2) is 4.79 Å². The third-order valence-electron chi connectivity index (χ3n) is 4.11. The van der Waals surface area contributed by atoms with Gasteiger partial charge in [0.25, 0.3) is 5.56 Å². The maximum absolute atomic E-state index is 12.5. The second kappa shape index (κ2) is 6.84. The number of aromatic nitrogens is 1. The highest BCUT2D eigenvalue weighted by atomic mass is 16.3. The third-order valence-corrected chi connectivity index (χ3v) is 4.11. The van der Waals surface area contributed by atoms with Crippen LogP contribution in [-0.4, -0.2) is 34.9 Å². The molecule has 6 heteroatoms. The Morgan fingerprint density at radius 1 is 1.16 bits per heavy atom. The number of benzene rings is 1. The molecule has 0 spiro atoms. The molecule has 0 aliphatic rings. The fraction of sp³-hybridized carbons (Fsp3) is 0.263. The van der Waals surface area contributed by atoms with Crippen molar-refractivity contribution in [3.63, 3.8) is 0 Å². The van der Waals surface area contributed by atoms with Crippen LogP contribution in [0, 0.1) is 6.92 Å². The fourth-order valence-corrected chi connectivity index (χ4v) is 2.82. The Balaban J connectivity index is 1.96. The highest BCUT2D eigenvalue weighted by molar-refractivity contribution is 5.82. The van der Waals surface area contributed by atoms with Gasteiger partial charge in [0.2, 0.25) is 0 Å². The summed E-state index contributed by atoms with van der Waals surface area (Å²) in [6.07, 6.45) is 1.57. The van der Waals surface area contributed by atoms with E-state index in [0.29, 0.717) is 17.9 Å². The van der Waals surface area contributed by atoms with E-state index in [1.807, 2.05) is 37.3 Å². The van der Waals surface area contributed by atoms with Crippen LogP contribution in [0.4, 0.5) is 4.79 Å². The molecular formula is C19H21N3O3. The predicted molar refractivity (Wildman–Crippen MR) is 96.3 cm³/mol. The van der Waals surface area contributed by atoms with Gasteiger partial charge in [-0.2, -0.15) is 0 Å². The summed E-state index contributed by atoms with van der Waals surface area (Å²) in [6, 6.07) is 11.1. The largest absolute Gasteiger partial charge is 0.467 e. The summed E-state index contributed by atoms with van der Waals surface area (Å²) in [5.74, 6) is 0.670. The molecule has 0 fully saturated rings. The molecule has 25 heavy (non-hydrogen) atoms. The molecule has 2 aromatic heterocycles. The van der Waals surface area contributed by atoms with E-state index in [2.05, 4.69) is 4.98 Å². The maximum Gasteiger partial charge on any atom is 0.320 e. The molecule has 3 rings (SSSR count). The number of nitrogens with zero attached hydrogens (tertiary/aromatic N) is 2. The van der Waals surface area contributed by atoms with Crippen LogP contribution in [0.1, 0.15) is 16.9 Å². The van der Waals surface area contributed by atoms with E-state index < -0.39 is 0 Å². The monoisotopic (exact) mass is 339 g/mol. The van der Waals surface area contributed by atoms with Crippen molar-refractivity contribution in [1.82, 2.24) is 14.8 Å². The third kappa shape index (κ3) is 3.57. The molecule has 0 unspecified atom stereocenters. The Morgan fingerprint density at radius 3 is 2.64 bits per heavy atom. The number of rotatable bonds is 4. The number of hydrogen-bond donors (Lipinski definition) is 1. The number of para-hydroxylation sites is 1. The lowest BCUT2D eigenvalue weighted by Gasteiger charge is -2.25. The normalized spacial score (nSPS) is 10.8. The first-order valence-corrected chi connectivity index (χ1v) is 8.06. The molecule has 0 bridgehead atoms. The smallest absolute Gasteiger partial charge is 0.320 e. The zero-order chi connectivity index (χ0) is 18.0. The van der Waals surface area contributed by atoms with Crippen LogP contribution in [0.25, 0.3) is 10.9 Å². The molecule has 3 aromatic rings. The number of aromatic amines is 1. The molecule has 0 aliphatic carbocycles. The highest BCUT2D eigenvalue weighted by Gasteiger charge is 2.19. The molecule has 0 saturated carbocycles. The number of hydrogen-bond acceptors (Lipinski definition) is 3. The van der Waals surface area contributed by atoms with Crippen LogP contribution in [0.2, 0.25) is 0 Å². The van der Waals surface area contributed by atoms with E-state index in [0.717, 1.165) is 16.5 Å². The lowest BCUT2D eigenvalue weighted by molar-refractivity contribution is 0.160. The van der Waals surface area contributed by atoms with Crippen molar-refractivity contribution in [1.29, 1.82) is 0 Å². The van der Waals surface area contributed by atoms with Gasteiger partial charge in [-0.15, -0.1) is 0 Å². The first kappa shape index (κ1) is 16.8. The second-order valence-corrected chi connectivity index (χ2v) is 6.28. The second-order valence-electron chi connectivity index (χ2n) is 6.28. The Hall–Kier alpha value is -3.02. The van der Waals surface area contributed by atoms with Gasteiger partial charge < -0.3 is 19.2 Å². The lowest BCUT2D eigenvalue weighted by Crippen LogP contribution is -2.39. The molecule has 2 amide bonds. The number of amides is 2. The van der Waals surface area contributed by atoms with E-state index in [9.17, 15) is 9.59 Å². The van der Waals surface area contributed by atoms with Crippen molar-refractivity contribution < 1.29 is 9.21 Å². The summed E-state index contributed by atoms with van der Waals surface area (Å²) in [7, 11) is 3.37. The Kier molecular flexibility index (Phi) is 4.61. The molecule has 1 aromatic carbocycles. The van der Waals surface area contributed by atoms with Crippen molar-refractivity contribution in [3.05, 3.63) is 69.9 Å². The predicted octanol–water partition coefficient (Wildman–Crippen LogP) is 3.11. The van der Waals surface area contributed by atoms with Crippen molar-refractivity contribution >= 4 is 16.9 Å². The van der Waals surface area contributed by atoms with Gasteiger partial charge in [-0.3, -0.25) is 4.79 Å². The number of furan rings is 1. The summed E-state index contributed by atoms with van der Waals surface area (Å²) >= 11 is 0. The van der Waals surface area contributed by atoms with Crippen molar-refractivity contribution in [3.8, 4) is 0 Å². The summed E-state index contributed by atoms with van der Waals surface area (Å²) < 4.78 is 5.35. The zero-order valence-electron chi connectivity index (χ0n) is 14.6. The Labute approximate surface area is 145 Å².